The Morgan fingerprint density at radius 1 is 1.30 bits per heavy atom. The van der Waals surface area contributed by atoms with Crippen molar-refractivity contribution in [3.63, 3.8) is 0 Å². The van der Waals surface area contributed by atoms with Gasteiger partial charge in [-0.15, -0.1) is 6.42 Å². The molecule has 3 heterocycles. The van der Waals surface area contributed by atoms with Crippen LogP contribution in [0.15, 0.2) is 41.1 Å². The van der Waals surface area contributed by atoms with E-state index in [9.17, 15) is 9.90 Å². The summed E-state index contributed by atoms with van der Waals surface area (Å²) in [5.74, 6) is 3.60. The molecule has 0 amide bonds. The minimum atomic E-state index is -0.720. The zero-order valence-corrected chi connectivity index (χ0v) is 16.2. The number of nitrogens with two attached hydrogens (primary N) is 1. The first-order valence-electron chi connectivity index (χ1n) is 9.91. The van der Waals surface area contributed by atoms with E-state index in [1.54, 1.807) is 6.20 Å². The molecule has 1 aliphatic carbocycles. The maximum atomic E-state index is 11.3. The van der Waals surface area contributed by atoms with Gasteiger partial charge in [-0.1, -0.05) is 18.1 Å². The average Bonchev–Trinajstić information content (AvgIpc) is 3.36. The molecule has 0 aliphatic heterocycles. The van der Waals surface area contributed by atoms with Crippen LogP contribution in [0.1, 0.15) is 43.0 Å². The Morgan fingerprint density at radius 3 is 2.83 bits per heavy atom. The highest BCUT2D eigenvalue weighted by Gasteiger charge is 2.30. The molecule has 0 unspecified atom stereocenters. The molecule has 0 atom stereocenters. The summed E-state index contributed by atoms with van der Waals surface area (Å²) in [6.45, 7) is 0. The lowest BCUT2D eigenvalue weighted by Gasteiger charge is -2.25. The number of imidazole rings is 1. The summed E-state index contributed by atoms with van der Waals surface area (Å²) in [7, 11) is 0. The van der Waals surface area contributed by atoms with Crippen LogP contribution < -0.4 is 5.73 Å². The van der Waals surface area contributed by atoms with Crippen molar-refractivity contribution in [3.05, 3.63) is 48.0 Å². The first-order chi connectivity index (χ1) is 14.6. The molecule has 3 N–H and O–H groups in total. The number of fused-ring (bicyclic) bond motifs is 2. The zero-order chi connectivity index (χ0) is 20.8. The molecular weight excluding hydrogens is 380 g/mol. The Labute approximate surface area is 172 Å². The maximum Gasteiger partial charge on any atom is 0.306 e. The topological polar surface area (TPSA) is 107 Å². The van der Waals surface area contributed by atoms with Crippen molar-refractivity contribution in [3.8, 4) is 23.8 Å². The molecule has 5 rings (SSSR count). The minimum Gasteiger partial charge on any atom is -0.481 e. The van der Waals surface area contributed by atoms with Gasteiger partial charge in [-0.25, -0.2) is 9.97 Å². The second-order valence-corrected chi connectivity index (χ2v) is 7.72. The summed E-state index contributed by atoms with van der Waals surface area (Å²) in [4.78, 5) is 20.5. The van der Waals surface area contributed by atoms with Gasteiger partial charge < -0.3 is 15.3 Å². The van der Waals surface area contributed by atoms with Crippen molar-refractivity contribution >= 4 is 28.3 Å². The molecule has 7 nitrogen and oxygen atoms in total. The van der Waals surface area contributed by atoms with Crippen molar-refractivity contribution in [2.75, 3.05) is 5.73 Å². The Morgan fingerprint density at radius 2 is 2.10 bits per heavy atom. The van der Waals surface area contributed by atoms with E-state index in [1.807, 2.05) is 34.9 Å². The smallest absolute Gasteiger partial charge is 0.306 e. The number of aromatic nitrogens is 3. The number of anilines is 1. The van der Waals surface area contributed by atoms with E-state index in [0.717, 1.165) is 24.1 Å². The highest BCUT2D eigenvalue weighted by atomic mass is 16.4. The van der Waals surface area contributed by atoms with Crippen LogP contribution in [0.3, 0.4) is 0 Å². The largest absolute Gasteiger partial charge is 0.481 e. The first-order valence-corrected chi connectivity index (χ1v) is 9.91. The van der Waals surface area contributed by atoms with Crippen LogP contribution in [-0.2, 0) is 4.79 Å². The van der Waals surface area contributed by atoms with Gasteiger partial charge in [-0.2, -0.15) is 0 Å². The lowest BCUT2D eigenvalue weighted by molar-refractivity contribution is -0.142. The molecule has 7 heteroatoms. The van der Waals surface area contributed by atoms with Crippen LogP contribution in [0.2, 0.25) is 0 Å². The van der Waals surface area contributed by atoms with Gasteiger partial charge >= 0.3 is 5.97 Å². The van der Waals surface area contributed by atoms with Crippen LogP contribution in [0.4, 0.5) is 5.82 Å². The third-order valence-electron chi connectivity index (χ3n) is 5.98. The van der Waals surface area contributed by atoms with Gasteiger partial charge in [-0.3, -0.25) is 9.20 Å². The average molecular weight is 400 g/mol. The van der Waals surface area contributed by atoms with Gasteiger partial charge in [0, 0.05) is 23.7 Å². The molecule has 1 aromatic carbocycles. The quantitative estimate of drug-likeness (QED) is 0.502. The zero-order valence-electron chi connectivity index (χ0n) is 16.2. The predicted molar refractivity (Wildman–Crippen MR) is 113 cm³/mol. The van der Waals surface area contributed by atoms with Gasteiger partial charge in [0.25, 0.3) is 0 Å². The molecule has 150 valence electrons. The highest BCUT2D eigenvalue weighted by molar-refractivity contribution is 5.91. The van der Waals surface area contributed by atoms with Gasteiger partial charge in [0.2, 0.25) is 0 Å². The van der Waals surface area contributed by atoms with Crippen molar-refractivity contribution in [1.29, 1.82) is 0 Å². The molecule has 1 saturated carbocycles. The van der Waals surface area contributed by atoms with Crippen LogP contribution in [0, 0.1) is 18.3 Å². The minimum absolute atomic E-state index is 0.147. The Bertz CT molecular complexity index is 1320. The molecule has 0 spiro atoms. The van der Waals surface area contributed by atoms with Gasteiger partial charge in [0.15, 0.2) is 5.76 Å². The van der Waals surface area contributed by atoms with E-state index in [2.05, 4.69) is 10.9 Å². The Balaban J connectivity index is 1.64. The molecule has 30 heavy (non-hydrogen) atoms. The van der Waals surface area contributed by atoms with E-state index >= 15 is 0 Å². The van der Waals surface area contributed by atoms with Crippen LogP contribution >= 0.6 is 0 Å². The molecule has 4 aromatic rings. The molecule has 1 aliphatic rings. The second-order valence-electron chi connectivity index (χ2n) is 7.72. The molecule has 3 aromatic heterocycles. The monoisotopic (exact) mass is 400 g/mol. The molecular formula is C23H20N4O3. The summed E-state index contributed by atoms with van der Waals surface area (Å²) in [6.07, 6.45) is 11.9. The van der Waals surface area contributed by atoms with Gasteiger partial charge in [0.05, 0.1) is 11.5 Å². The van der Waals surface area contributed by atoms with Crippen LogP contribution in [0.25, 0.3) is 27.9 Å². The number of nitrogens with zero attached hydrogens (tertiary/aromatic N) is 3. The number of terminal acetylenes is 1. The number of para-hydroxylation sites is 1. The molecule has 1 fully saturated rings. The SMILES string of the molecule is C#Cc1cccc2cc(-c3nc(C4CCC(C(=O)O)CC4)n4ccnc(N)c34)oc12. The number of hydrogen-bond acceptors (Lipinski definition) is 5. The number of hydrogen-bond donors (Lipinski definition) is 2. The third-order valence-corrected chi connectivity index (χ3v) is 5.98. The fourth-order valence-corrected chi connectivity index (χ4v) is 4.44. The summed E-state index contributed by atoms with van der Waals surface area (Å²) >= 11 is 0. The van der Waals surface area contributed by atoms with Crippen molar-refractivity contribution in [2.24, 2.45) is 5.92 Å². The van der Waals surface area contributed by atoms with E-state index in [4.69, 9.17) is 21.6 Å². The fourth-order valence-electron chi connectivity index (χ4n) is 4.44. The Kier molecular flexibility index (Phi) is 4.21. The predicted octanol–water partition coefficient (Wildman–Crippen LogP) is 4.06. The van der Waals surface area contributed by atoms with E-state index in [1.165, 1.54) is 0 Å². The number of benzene rings is 1. The van der Waals surface area contributed by atoms with Crippen molar-refractivity contribution in [1.82, 2.24) is 14.4 Å². The summed E-state index contributed by atoms with van der Waals surface area (Å²) in [6, 6.07) is 7.58. The van der Waals surface area contributed by atoms with Crippen LogP contribution in [0.5, 0.6) is 0 Å². The maximum absolute atomic E-state index is 11.3. The lowest BCUT2D eigenvalue weighted by atomic mass is 9.81. The standard InChI is InChI=1S/C23H20N4O3/c1-2-13-4-3-5-16-12-17(30-20(13)16)18-19-21(24)25-10-11-27(19)22(26-18)14-6-8-15(9-7-14)23(28)29/h1,3-5,10-12,14-15H,6-9H2,(H2,24,25)(H,28,29). The number of rotatable bonds is 3. The van der Waals surface area contributed by atoms with Crippen molar-refractivity contribution < 1.29 is 14.3 Å². The normalized spacial score (nSPS) is 19.2. The number of nitrogen functional groups attached to an aromatic ring is 1. The third kappa shape index (κ3) is 2.80. The summed E-state index contributed by atoms with van der Waals surface area (Å²) in [5.41, 5.74) is 8.86. The fraction of sp³-hybridized carbons (Fsp3) is 0.261. The number of carbonyl (C=O) groups is 1. The highest BCUT2D eigenvalue weighted by Crippen LogP contribution is 2.39. The molecule has 0 radical (unpaired) electrons. The number of aliphatic carboxylic acids is 1. The molecule has 0 saturated heterocycles. The number of carboxylic acids is 1. The number of furan rings is 1. The number of carboxylic acid groups (broad SMARTS) is 1. The molecule has 0 bridgehead atoms. The van der Waals surface area contributed by atoms with E-state index < -0.39 is 5.97 Å². The second kappa shape index (κ2) is 6.92. The van der Waals surface area contributed by atoms with Gasteiger partial charge in [-0.05, 0) is 37.8 Å². The van der Waals surface area contributed by atoms with Crippen LogP contribution in [-0.4, -0.2) is 25.4 Å². The van der Waals surface area contributed by atoms with Crippen molar-refractivity contribution in [2.45, 2.75) is 31.6 Å². The summed E-state index contributed by atoms with van der Waals surface area (Å²) in [5, 5.41) is 10.2. The first kappa shape index (κ1) is 18.3. The Hall–Kier alpha value is -3.79. The van der Waals surface area contributed by atoms with Gasteiger partial charge in [0.1, 0.15) is 28.4 Å². The lowest BCUT2D eigenvalue weighted by Crippen LogP contribution is -2.21. The van der Waals surface area contributed by atoms with E-state index in [-0.39, 0.29) is 11.8 Å². The summed E-state index contributed by atoms with van der Waals surface area (Å²) < 4.78 is 8.07. The van der Waals surface area contributed by atoms with E-state index in [0.29, 0.717) is 46.8 Å².